The summed E-state index contributed by atoms with van der Waals surface area (Å²) in [4.78, 5) is 13.7. The number of hydrogen-bond donors (Lipinski definition) is 0. The molecule has 1 aliphatic rings. The van der Waals surface area contributed by atoms with Crippen LogP contribution in [0.1, 0.15) is 42.6 Å². The van der Waals surface area contributed by atoms with Gasteiger partial charge in [-0.05, 0) is 45.8 Å². The molecule has 1 aliphatic heterocycles. The minimum atomic E-state index is -0.231. The lowest BCUT2D eigenvalue weighted by molar-refractivity contribution is 0.203. The molecular weight excluding hydrogens is 391 g/mol. The number of piperidine rings is 1. The molecule has 6 nitrogen and oxygen atoms in total. The molecule has 0 N–H and O–H groups in total. The average Bonchev–Trinajstić information content (AvgIpc) is 3.13. The Labute approximate surface area is 183 Å². The minimum absolute atomic E-state index is 0.231. The van der Waals surface area contributed by atoms with Crippen LogP contribution in [0.15, 0.2) is 36.7 Å². The highest BCUT2D eigenvalue weighted by molar-refractivity contribution is 5.67. The molecule has 0 unspecified atom stereocenters. The van der Waals surface area contributed by atoms with Crippen molar-refractivity contribution in [3.63, 3.8) is 0 Å². The molecule has 1 fully saturated rings. The Balaban J connectivity index is 1.55. The number of likely N-dealkylation sites (tertiary alicyclic amines) is 1. The zero-order valence-corrected chi connectivity index (χ0v) is 18.8. The fourth-order valence-corrected chi connectivity index (χ4v) is 4.28. The van der Waals surface area contributed by atoms with E-state index < -0.39 is 0 Å². The van der Waals surface area contributed by atoms with Gasteiger partial charge in [-0.1, -0.05) is 18.2 Å². The number of rotatable bonds is 6. The van der Waals surface area contributed by atoms with E-state index in [-0.39, 0.29) is 11.7 Å². The van der Waals surface area contributed by atoms with Gasteiger partial charge in [0.15, 0.2) is 0 Å². The van der Waals surface area contributed by atoms with Crippen LogP contribution in [0.3, 0.4) is 0 Å². The van der Waals surface area contributed by atoms with Crippen molar-refractivity contribution in [1.29, 1.82) is 0 Å². The molecule has 0 amide bonds. The number of nitrogens with zero attached hydrogens (tertiary/aromatic N) is 6. The van der Waals surface area contributed by atoms with E-state index in [0.717, 1.165) is 56.0 Å². The highest BCUT2D eigenvalue weighted by Gasteiger charge is 2.26. The molecule has 0 bridgehead atoms. The molecule has 2 aromatic heterocycles. The Morgan fingerprint density at radius 3 is 2.52 bits per heavy atom. The SMILES string of the molecule is CCn1cc(CN2CCC(c3nc(N(C)C)ncc3-c3ccccc3F)CC2)c(C)n1. The summed E-state index contributed by atoms with van der Waals surface area (Å²) in [6, 6.07) is 6.90. The fraction of sp³-hybridized carbons (Fsp3) is 0.458. The van der Waals surface area contributed by atoms with Crippen molar-refractivity contribution < 1.29 is 4.39 Å². The Morgan fingerprint density at radius 1 is 1.13 bits per heavy atom. The van der Waals surface area contributed by atoms with Gasteiger partial charge in [-0.2, -0.15) is 5.10 Å². The number of hydrogen-bond acceptors (Lipinski definition) is 5. The lowest BCUT2D eigenvalue weighted by Crippen LogP contribution is -2.33. The van der Waals surface area contributed by atoms with Crippen LogP contribution < -0.4 is 4.90 Å². The molecule has 0 aliphatic carbocycles. The molecule has 31 heavy (non-hydrogen) atoms. The van der Waals surface area contributed by atoms with Gasteiger partial charge in [-0.25, -0.2) is 14.4 Å². The summed E-state index contributed by atoms with van der Waals surface area (Å²) in [5, 5.41) is 4.57. The van der Waals surface area contributed by atoms with Crippen LogP contribution >= 0.6 is 0 Å². The highest BCUT2D eigenvalue weighted by Crippen LogP contribution is 2.36. The summed E-state index contributed by atoms with van der Waals surface area (Å²) >= 11 is 0. The first-order valence-electron chi connectivity index (χ1n) is 11.0. The van der Waals surface area contributed by atoms with Gasteiger partial charge in [-0.3, -0.25) is 9.58 Å². The summed E-state index contributed by atoms with van der Waals surface area (Å²) < 4.78 is 16.6. The van der Waals surface area contributed by atoms with Crippen LogP contribution in [0.5, 0.6) is 0 Å². The zero-order chi connectivity index (χ0) is 22.0. The number of anilines is 1. The second-order valence-electron chi connectivity index (χ2n) is 8.49. The molecular formula is C24H31FN6. The van der Waals surface area contributed by atoms with Crippen molar-refractivity contribution in [2.24, 2.45) is 0 Å². The largest absolute Gasteiger partial charge is 0.347 e. The summed E-state index contributed by atoms with van der Waals surface area (Å²) in [6.07, 6.45) is 5.93. The Kier molecular flexibility index (Phi) is 6.32. The molecule has 4 rings (SSSR count). The van der Waals surface area contributed by atoms with E-state index in [2.05, 4.69) is 35.0 Å². The van der Waals surface area contributed by atoms with Gasteiger partial charge >= 0.3 is 0 Å². The van der Waals surface area contributed by atoms with Crippen molar-refractivity contribution >= 4 is 5.95 Å². The Bertz CT molecular complexity index is 1040. The lowest BCUT2D eigenvalue weighted by Gasteiger charge is -2.32. The van der Waals surface area contributed by atoms with Crippen molar-refractivity contribution in [2.45, 2.75) is 45.7 Å². The Morgan fingerprint density at radius 2 is 1.87 bits per heavy atom. The van der Waals surface area contributed by atoms with E-state index in [0.29, 0.717) is 11.5 Å². The first-order valence-corrected chi connectivity index (χ1v) is 11.0. The number of aryl methyl sites for hydroxylation is 2. The van der Waals surface area contributed by atoms with E-state index in [4.69, 9.17) is 4.98 Å². The molecule has 3 aromatic rings. The van der Waals surface area contributed by atoms with E-state index in [1.165, 1.54) is 11.6 Å². The van der Waals surface area contributed by atoms with Crippen LogP contribution in [0.25, 0.3) is 11.1 Å². The van der Waals surface area contributed by atoms with E-state index in [1.54, 1.807) is 12.3 Å². The monoisotopic (exact) mass is 422 g/mol. The summed E-state index contributed by atoms with van der Waals surface area (Å²) in [6.45, 7) is 7.98. The van der Waals surface area contributed by atoms with Crippen LogP contribution in [0, 0.1) is 12.7 Å². The van der Waals surface area contributed by atoms with Gasteiger partial charge in [0.2, 0.25) is 5.95 Å². The van der Waals surface area contributed by atoms with Crippen LogP contribution in [-0.4, -0.2) is 51.8 Å². The standard InChI is InChI=1S/C24H31FN6/c1-5-31-16-19(17(2)28-31)15-30-12-10-18(11-13-30)23-21(14-26-24(27-23)29(3)4)20-8-6-7-9-22(20)25/h6-9,14,16,18H,5,10-13,15H2,1-4H3. The van der Waals surface area contributed by atoms with Crippen molar-refractivity contribution in [2.75, 3.05) is 32.1 Å². The maximum atomic E-state index is 14.6. The molecule has 1 aromatic carbocycles. The molecule has 7 heteroatoms. The Hall–Kier alpha value is -2.80. The van der Waals surface area contributed by atoms with Gasteiger partial charge in [0, 0.05) is 62.2 Å². The lowest BCUT2D eigenvalue weighted by atomic mass is 9.88. The first kappa shape index (κ1) is 21.4. The highest BCUT2D eigenvalue weighted by atomic mass is 19.1. The maximum Gasteiger partial charge on any atom is 0.225 e. The van der Waals surface area contributed by atoms with Gasteiger partial charge in [0.05, 0.1) is 11.4 Å². The van der Waals surface area contributed by atoms with E-state index in [1.807, 2.05) is 35.8 Å². The van der Waals surface area contributed by atoms with E-state index >= 15 is 0 Å². The third kappa shape index (κ3) is 4.61. The molecule has 0 atom stereocenters. The molecule has 1 saturated heterocycles. The van der Waals surface area contributed by atoms with Gasteiger partial charge < -0.3 is 4.90 Å². The molecule has 0 saturated carbocycles. The smallest absolute Gasteiger partial charge is 0.225 e. The van der Waals surface area contributed by atoms with Gasteiger partial charge in [0.1, 0.15) is 5.82 Å². The summed E-state index contributed by atoms with van der Waals surface area (Å²) in [5.41, 5.74) is 4.75. The average molecular weight is 423 g/mol. The van der Waals surface area contributed by atoms with Crippen molar-refractivity contribution in [3.05, 3.63) is 59.4 Å². The van der Waals surface area contributed by atoms with Crippen LogP contribution in [0.4, 0.5) is 10.3 Å². The number of benzene rings is 1. The quantitative estimate of drug-likeness (QED) is 0.594. The summed E-state index contributed by atoms with van der Waals surface area (Å²) in [7, 11) is 3.87. The summed E-state index contributed by atoms with van der Waals surface area (Å²) in [5.74, 6) is 0.720. The van der Waals surface area contributed by atoms with Gasteiger partial charge in [-0.15, -0.1) is 0 Å². The zero-order valence-electron chi connectivity index (χ0n) is 18.8. The number of aromatic nitrogens is 4. The fourth-order valence-electron chi connectivity index (χ4n) is 4.28. The molecule has 0 spiro atoms. The first-order chi connectivity index (χ1) is 15.0. The number of halogens is 1. The van der Waals surface area contributed by atoms with Crippen LogP contribution in [0.2, 0.25) is 0 Å². The van der Waals surface area contributed by atoms with Gasteiger partial charge in [0.25, 0.3) is 0 Å². The maximum absolute atomic E-state index is 14.6. The molecule has 164 valence electrons. The minimum Gasteiger partial charge on any atom is -0.347 e. The predicted octanol–water partition coefficient (Wildman–Crippen LogP) is 4.25. The topological polar surface area (TPSA) is 50.1 Å². The van der Waals surface area contributed by atoms with Crippen molar-refractivity contribution in [1.82, 2.24) is 24.6 Å². The van der Waals surface area contributed by atoms with Crippen LogP contribution in [-0.2, 0) is 13.1 Å². The third-order valence-electron chi connectivity index (χ3n) is 6.11. The second kappa shape index (κ2) is 9.14. The van der Waals surface area contributed by atoms with Crippen molar-refractivity contribution in [3.8, 4) is 11.1 Å². The van der Waals surface area contributed by atoms with E-state index in [9.17, 15) is 4.39 Å². The second-order valence-corrected chi connectivity index (χ2v) is 8.49. The third-order valence-corrected chi connectivity index (χ3v) is 6.11. The predicted molar refractivity (Wildman–Crippen MR) is 122 cm³/mol. The molecule has 3 heterocycles. The normalized spacial score (nSPS) is 15.4. The molecule has 0 radical (unpaired) electrons.